The Labute approximate surface area is 81.2 Å². The molecule has 0 unspecified atom stereocenters. The monoisotopic (exact) mass is 220 g/mol. The lowest BCUT2D eigenvalue weighted by Crippen LogP contribution is -1.98. The van der Waals surface area contributed by atoms with Gasteiger partial charge in [-0.25, -0.2) is 0 Å². The fourth-order valence-corrected chi connectivity index (χ4v) is 0.335. The van der Waals surface area contributed by atoms with E-state index in [9.17, 15) is 0 Å². The van der Waals surface area contributed by atoms with Gasteiger partial charge in [0.15, 0.2) is 11.6 Å². The lowest BCUT2D eigenvalue weighted by Gasteiger charge is -1.87. The topological polar surface area (TPSA) is 148 Å². The zero-order chi connectivity index (χ0) is 11.6. The van der Waals surface area contributed by atoms with Crippen molar-refractivity contribution in [2.45, 2.75) is 0 Å². The largest absolute Gasteiger partial charge is 0.692 e. The van der Waals surface area contributed by atoms with Gasteiger partial charge in [-0.15, -0.1) is 33.1 Å². The van der Waals surface area contributed by atoms with E-state index in [2.05, 4.69) is 28.6 Å². The standard InChI is InChI=1S/C3H5N5.C2H4.HO3P/c4-2-1-3(5)7-8-6-2;1-2;1-4(2)3/h1H,(H4,4,5,6,7);1-2H2;(H-,1,2,3)/p+1. The van der Waals surface area contributed by atoms with Crippen LogP contribution in [0.2, 0.25) is 0 Å². The molecule has 1 aromatic heterocycles. The molecule has 0 atom stereocenters. The highest BCUT2D eigenvalue weighted by molar-refractivity contribution is 7.30. The maximum absolute atomic E-state index is 8.70. The molecule has 1 heterocycles. The SMILES string of the molecule is C=C.Nc1cc(N)nnn1.O=[P+](O)O. The quantitative estimate of drug-likeness (QED) is 0.336. The highest BCUT2D eigenvalue weighted by atomic mass is 31.1. The highest BCUT2D eigenvalue weighted by Gasteiger charge is 1.93. The summed E-state index contributed by atoms with van der Waals surface area (Å²) in [6, 6.07) is 1.44. The smallest absolute Gasteiger partial charge is 0.382 e. The molecular formula is C5H11N5O3P+. The van der Waals surface area contributed by atoms with Gasteiger partial charge in [-0.1, -0.05) is 0 Å². The molecule has 0 aromatic carbocycles. The fraction of sp³-hybridized carbons (Fsp3) is 0. The molecule has 9 heteroatoms. The van der Waals surface area contributed by atoms with Crippen LogP contribution in [0.25, 0.3) is 0 Å². The number of anilines is 2. The van der Waals surface area contributed by atoms with Gasteiger partial charge in [0.2, 0.25) is 0 Å². The van der Waals surface area contributed by atoms with Crippen LogP contribution >= 0.6 is 8.25 Å². The average molecular weight is 220 g/mol. The van der Waals surface area contributed by atoms with Gasteiger partial charge in [0.1, 0.15) is 0 Å². The summed E-state index contributed by atoms with van der Waals surface area (Å²) in [5, 5.41) is 9.99. The number of nitrogens with zero attached hydrogens (tertiary/aromatic N) is 3. The molecule has 1 aromatic rings. The first-order chi connectivity index (χ1) is 6.52. The van der Waals surface area contributed by atoms with Crippen LogP contribution in [0.5, 0.6) is 0 Å². The van der Waals surface area contributed by atoms with Crippen molar-refractivity contribution < 1.29 is 14.4 Å². The van der Waals surface area contributed by atoms with Gasteiger partial charge in [-0.3, -0.25) is 0 Å². The summed E-state index contributed by atoms with van der Waals surface area (Å²) in [5.74, 6) is 0.579. The second kappa shape index (κ2) is 9.46. The van der Waals surface area contributed by atoms with E-state index in [0.29, 0.717) is 0 Å². The Morgan fingerprint density at radius 1 is 1.21 bits per heavy atom. The second-order valence-electron chi connectivity index (χ2n) is 1.54. The Balaban J connectivity index is 0. The third-order valence-electron chi connectivity index (χ3n) is 0.616. The minimum Gasteiger partial charge on any atom is -0.382 e. The number of nitrogen functional groups attached to an aromatic ring is 2. The molecule has 78 valence electrons. The molecule has 0 saturated heterocycles. The zero-order valence-electron chi connectivity index (χ0n) is 7.24. The maximum Gasteiger partial charge on any atom is 0.692 e. The van der Waals surface area contributed by atoms with E-state index >= 15 is 0 Å². The van der Waals surface area contributed by atoms with E-state index < -0.39 is 8.25 Å². The number of hydrogen-bond donors (Lipinski definition) is 4. The van der Waals surface area contributed by atoms with Crippen molar-refractivity contribution in [2.24, 2.45) is 0 Å². The van der Waals surface area contributed by atoms with Crippen molar-refractivity contribution in [3.05, 3.63) is 19.2 Å². The first-order valence-corrected chi connectivity index (χ1v) is 4.25. The number of aromatic nitrogens is 3. The van der Waals surface area contributed by atoms with Gasteiger partial charge < -0.3 is 11.5 Å². The highest BCUT2D eigenvalue weighted by Crippen LogP contribution is 1.98. The van der Waals surface area contributed by atoms with E-state index in [4.69, 9.17) is 25.8 Å². The van der Waals surface area contributed by atoms with E-state index in [-0.39, 0.29) is 11.6 Å². The van der Waals surface area contributed by atoms with Crippen LogP contribution < -0.4 is 11.5 Å². The fourth-order valence-electron chi connectivity index (χ4n) is 0.335. The minimum absolute atomic E-state index is 0.289. The summed E-state index contributed by atoms with van der Waals surface area (Å²) in [7, 11) is -2.87. The van der Waals surface area contributed by atoms with Gasteiger partial charge >= 0.3 is 8.25 Å². The zero-order valence-corrected chi connectivity index (χ0v) is 8.13. The van der Waals surface area contributed by atoms with Crippen LogP contribution in [0.15, 0.2) is 19.2 Å². The van der Waals surface area contributed by atoms with E-state index in [1.165, 1.54) is 6.07 Å². The third-order valence-corrected chi connectivity index (χ3v) is 0.616. The van der Waals surface area contributed by atoms with Gasteiger partial charge in [0, 0.05) is 10.6 Å². The van der Waals surface area contributed by atoms with Crippen molar-refractivity contribution in [3.8, 4) is 0 Å². The van der Waals surface area contributed by atoms with Crippen molar-refractivity contribution >= 4 is 19.9 Å². The van der Waals surface area contributed by atoms with Crippen molar-refractivity contribution in [3.63, 3.8) is 0 Å². The molecule has 6 N–H and O–H groups in total. The molecule has 0 aliphatic carbocycles. The maximum atomic E-state index is 8.70. The summed E-state index contributed by atoms with van der Waals surface area (Å²) in [6.07, 6.45) is 0. The number of rotatable bonds is 0. The molecule has 14 heavy (non-hydrogen) atoms. The van der Waals surface area contributed by atoms with Crippen molar-refractivity contribution in [2.75, 3.05) is 11.5 Å². The minimum atomic E-state index is -2.87. The Morgan fingerprint density at radius 2 is 1.50 bits per heavy atom. The number of nitrogens with two attached hydrogens (primary N) is 2. The van der Waals surface area contributed by atoms with Crippen LogP contribution in [0.4, 0.5) is 11.6 Å². The molecule has 0 spiro atoms. The van der Waals surface area contributed by atoms with E-state index in [0.717, 1.165) is 0 Å². The molecule has 0 amide bonds. The summed E-state index contributed by atoms with van der Waals surface area (Å²) in [4.78, 5) is 14.2. The molecule has 0 radical (unpaired) electrons. The van der Waals surface area contributed by atoms with Crippen LogP contribution in [-0.4, -0.2) is 25.2 Å². The van der Waals surface area contributed by atoms with Gasteiger partial charge in [-0.2, -0.15) is 0 Å². The normalized spacial score (nSPS) is 7.29. The molecule has 0 aliphatic rings. The van der Waals surface area contributed by atoms with Gasteiger partial charge in [0.05, 0.1) is 0 Å². The predicted molar refractivity (Wildman–Crippen MR) is 51.9 cm³/mol. The molecule has 0 bridgehead atoms. The van der Waals surface area contributed by atoms with Crippen LogP contribution in [0.1, 0.15) is 0 Å². The van der Waals surface area contributed by atoms with E-state index in [1.807, 2.05) is 0 Å². The van der Waals surface area contributed by atoms with Gasteiger partial charge in [-0.05, 0) is 5.21 Å². The molecule has 1 rings (SSSR count). The summed E-state index contributed by atoms with van der Waals surface area (Å²) >= 11 is 0. The van der Waals surface area contributed by atoms with Crippen molar-refractivity contribution in [1.29, 1.82) is 0 Å². The Kier molecular flexibility index (Phi) is 10.0. The third kappa shape index (κ3) is 13.0. The predicted octanol–water partition coefficient (Wildman–Crippen LogP) is -0.533. The molecule has 0 aliphatic heterocycles. The lowest BCUT2D eigenvalue weighted by atomic mass is 10.6. The molecule has 0 saturated carbocycles. The van der Waals surface area contributed by atoms with Crippen LogP contribution in [0, 0.1) is 0 Å². The molecular weight excluding hydrogens is 209 g/mol. The first kappa shape index (κ1) is 14.9. The summed E-state index contributed by atoms with van der Waals surface area (Å²) in [5.41, 5.74) is 10.3. The van der Waals surface area contributed by atoms with Crippen molar-refractivity contribution in [1.82, 2.24) is 15.4 Å². The van der Waals surface area contributed by atoms with Crippen LogP contribution in [0.3, 0.4) is 0 Å². The van der Waals surface area contributed by atoms with Crippen LogP contribution in [-0.2, 0) is 4.57 Å². The number of hydrogen-bond acceptors (Lipinski definition) is 6. The summed E-state index contributed by atoms with van der Waals surface area (Å²) < 4.78 is 8.70. The average Bonchev–Trinajstić information content (AvgIpc) is 2.06. The van der Waals surface area contributed by atoms with E-state index in [1.54, 1.807) is 0 Å². The first-order valence-electron chi connectivity index (χ1n) is 3.08. The van der Waals surface area contributed by atoms with Gasteiger partial charge in [0.25, 0.3) is 0 Å². The Bertz CT molecular complexity index is 263. The summed E-state index contributed by atoms with van der Waals surface area (Å²) in [6.45, 7) is 6.00. The Morgan fingerprint density at radius 3 is 1.64 bits per heavy atom. The lowest BCUT2D eigenvalue weighted by molar-refractivity contribution is 0.405. The molecule has 8 nitrogen and oxygen atoms in total. The Hall–Kier alpha value is -1.63. The second-order valence-corrected chi connectivity index (χ2v) is 2.04. The molecule has 0 fully saturated rings.